The van der Waals surface area contributed by atoms with E-state index in [1.165, 1.54) is 0 Å². The van der Waals surface area contributed by atoms with E-state index in [1.54, 1.807) is 0 Å². The predicted molar refractivity (Wildman–Crippen MR) is 38.9 cm³/mol. The molecular weight excluding hydrogens is 224 g/mol. The van der Waals surface area contributed by atoms with E-state index in [-0.39, 0.29) is 0 Å². The topological polar surface area (TPSA) is 12.9 Å². The van der Waals surface area contributed by atoms with E-state index in [1.807, 2.05) is 0 Å². The van der Waals surface area contributed by atoms with Gasteiger partial charge in [-0.3, -0.25) is 0 Å². The van der Waals surface area contributed by atoms with Gasteiger partial charge in [0.1, 0.15) is 5.69 Å². The SMILES string of the molecule is Cc1cc(C(F)(F)F)c(C(F)F)nc1F. The summed E-state index contributed by atoms with van der Waals surface area (Å²) in [5, 5.41) is 0. The second-order valence-corrected chi connectivity index (χ2v) is 2.83. The molecule has 0 amide bonds. The Hall–Kier alpha value is -1.27. The van der Waals surface area contributed by atoms with Crippen LogP contribution in [0.15, 0.2) is 6.07 Å². The first-order valence-corrected chi connectivity index (χ1v) is 3.76. The molecule has 0 aliphatic carbocycles. The van der Waals surface area contributed by atoms with Crippen LogP contribution in [-0.4, -0.2) is 4.98 Å². The van der Waals surface area contributed by atoms with Crippen molar-refractivity contribution in [1.29, 1.82) is 0 Å². The average Bonchev–Trinajstić information content (AvgIpc) is 2.06. The van der Waals surface area contributed by atoms with Gasteiger partial charge in [0.2, 0.25) is 5.95 Å². The minimum absolute atomic E-state index is 0.323. The normalized spacial score (nSPS) is 12.3. The Morgan fingerprint density at radius 1 is 1.27 bits per heavy atom. The van der Waals surface area contributed by atoms with Gasteiger partial charge in [-0.05, 0) is 13.0 Å². The van der Waals surface area contributed by atoms with Crippen molar-refractivity contribution in [3.05, 3.63) is 28.8 Å². The van der Waals surface area contributed by atoms with Crippen LogP contribution < -0.4 is 0 Å². The van der Waals surface area contributed by atoms with Gasteiger partial charge < -0.3 is 0 Å². The number of halogens is 6. The molecule has 1 nitrogen and oxygen atoms in total. The first-order valence-electron chi connectivity index (χ1n) is 3.76. The third-order valence-corrected chi connectivity index (χ3v) is 1.69. The number of aryl methyl sites for hydroxylation is 1. The van der Waals surface area contributed by atoms with Gasteiger partial charge in [0.15, 0.2) is 0 Å². The molecule has 1 rings (SSSR count). The maximum Gasteiger partial charge on any atom is 0.418 e. The number of rotatable bonds is 1. The minimum Gasteiger partial charge on any atom is -0.218 e. The molecule has 84 valence electrons. The third-order valence-electron chi connectivity index (χ3n) is 1.69. The van der Waals surface area contributed by atoms with Crippen LogP contribution in [0.25, 0.3) is 0 Å². The quantitative estimate of drug-likeness (QED) is 0.530. The molecule has 0 saturated carbocycles. The second kappa shape index (κ2) is 3.71. The molecular formula is C8H5F6N. The molecule has 0 N–H and O–H groups in total. The molecule has 1 aromatic rings. The van der Waals surface area contributed by atoms with Crippen LogP contribution in [0.4, 0.5) is 26.3 Å². The van der Waals surface area contributed by atoms with Gasteiger partial charge in [0.05, 0.1) is 5.56 Å². The summed E-state index contributed by atoms with van der Waals surface area (Å²) in [6.07, 6.45) is -8.42. The second-order valence-electron chi connectivity index (χ2n) is 2.83. The molecule has 15 heavy (non-hydrogen) atoms. The first kappa shape index (κ1) is 11.8. The van der Waals surface area contributed by atoms with E-state index in [2.05, 4.69) is 4.98 Å². The maximum absolute atomic E-state index is 12.7. The van der Waals surface area contributed by atoms with Crippen molar-refractivity contribution in [2.75, 3.05) is 0 Å². The van der Waals surface area contributed by atoms with Gasteiger partial charge >= 0.3 is 6.18 Å². The summed E-state index contributed by atoms with van der Waals surface area (Å²) in [5.41, 5.74) is -3.60. The Bertz CT molecular complexity index is 370. The van der Waals surface area contributed by atoms with Gasteiger partial charge in [-0.2, -0.15) is 17.6 Å². The van der Waals surface area contributed by atoms with Crippen molar-refractivity contribution >= 4 is 0 Å². The lowest BCUT2D eigenvalue weighted by Gasteiger charge is -2.12. The number of aromatic nitrogens is 1. The number of nitrogens with zero attached hydrogens (tertiary/aromatic N) is 1. The molecule has 0 fully saturated rings. The Labute approximate surface area is 80.7 Å². The van der Waals surface area contributed by atoms with Crippen LogP contribution in [-0.2, 0) is 6.18 Å². The highest BCUT2D eigenvalue weighted by Gasteiger charge is 2.37. The molecule has 0 bridgehead atoms. The number of hydrogen-bond donors (Lipinski definition) is 0. The first-order chi connectivity index (χ1) is 6.73. The number of pyridine rings is 1. The molecule has 0 saturated heterocycles. The van der Waals surface area contributed by atoms with Gasteiger partial charge in [0, 0.05) is 5.56 Å². The summed E-state index contributed by atoms with van der Waals surface area (Å²) in [5.74, 6) is -1.32. The molecule has 0 aliphatic rings. The summed E-state index contributed by atoms with van der Waals surface area (Å²) in [6.45, 7) is 1.02. The largest absolute Gasteiger partial charge is 0.418 e. The highest BCUT2D eigenvalue weighted by Crippen LogP contribution is 2.35. The van der Waals surface area contributed by atoms with E-state index in [4.69, 9.17) is 0 Å². The van der Waals surface area contributed by atoms with Crippen LogP contribution in [0.1, 0.15) is 23.2 Å². The van der Waals surface area contributed by atoms with Crippen molar-refractivity contribution in [2.45, 2.75) is 19.5 Å². The van der Waals surface area contributed by atoms with Gasteiger partial charge in [-0.15, -0.1) is 0 Å². The molecule has 1 aromatic heterocycles. The predicted octanol–water partition coefficient (Wildman–Crippen LogP) is 3.49. The minimum atomic E-state index is -4.96. The Balaban J connectivity index is 3.42. The molecule has 0 aliphatic heterocycles. The average molecular weight is 229 g/mol. The van der Waals surface area contributed by atoms with Crippen molar-refractivity contribution < 1.29 is 26.3 Å². The van der Waals surface area contributed by atoms with Gasteiger partial charge in [-0.25, -0.2) is 13.8 Å². The van der Waals surface area contributed by atoms with Gasteiger partial charge in [0.25, 0.3) is 6.43 Å². The lowest BCUT2D eigenvalue weighted by Crippen LogP contribution is -2.13. The van der Waals surface area contributed by atoms with Crippen molar-refractivity contribution in [1.82, 2.24) is 4.98 Å². The zero-order valence-electron chi connectivity index (χ0n) is 7.37. The summed E-state index contributed by atoms with van der Waals surface area (Å²) in [6, 6.07) is 0.323. The zero-order chi connectivity index (χ0) is 11.8. The van der Waals surface area contributed by atoms with E-state index >= 15 is 0 Å². The van der Waals surface area contributed by atoms with E-state index < -0.39 is 35.4 Å². The lowest BCUT2D eigenvalue weighted by atomic mass is 10.1. The molecule has 0 unspecified atom stereocenters. The molecule has 0 aromatic carbocycles. The Morgan fingerprint density at radius 3 is 2.20 bits per heavy atom. The lowest BCUT2D eigenvalue weighted by molar-refractivity contribution is -0.140. The van der Waals surface area contributed by atoms with Crippen LogP contribution in [0, 0.1) is 12.9 Å². The Kier molecular flexibility index (Phi) is 2.92. The summed E-state index contributed by atoms with van der Waals surface area (Å²) < 4.78 is 73.7. The fourth-order valence-corrected chi connectivity index (χ4v) is 0.998. The van der Waals surface area contributed by atoms with Crippen molar-refractivity contribution in [3.8, 4) is 0 Å². The van der Waals surface area contributed by atoms with Crippen molar-refractivity contribution in [3.63, 3.8) is 0 Å². The summed E-state index contributed by atoms with van der Waals surface area (Å²) in [4.78, 5) is 2.60. The summed E-state index contributed by atoms with van der Waals surface area (Å²) in [7, 11) is 0. The van der Waals surface area contributed by atoms with Crippen LogP contribution >= 0.6 is 0 Å². The molecule has 0 atom stereocenters. The van der Waals surface area contributed by atoms with E-state index in [0.29, 0.717) is 6.07 Å². The molecule has 0 spiro atoms. The number of alkyl halides is 5. The molecule has 7 heteroatoms. The van der Waals surface area contributed by atoms with Gasteiger partial charge in [-0.1, -0.05) is 0 Å². The standard InChI is InChI=1S/C8H5F6N/c1-3-2-4(8(12,13)14)5(6(9)10)15-7(3)11/h2,6H,1H3. The third kappa shape index (κ3) is 2.40. The van der Waals surface area contributed by atoms with E-state index in [0.717, 1.165) is 6.92 Å². The molecule has 0 radical (unpaired) electrons. The smallest absolute Gasteiger partial charge is 0.218 e. The number of hydrogen-bond acceptors (Lipinski definition) is 1. The summed E-state index contributed by atoms with van der Waals surface area (Å²) >= 11 is 0. The highest BCUT2D eigenvalue weighted by molar-refractivity contribution is 5.28. The monoisotopic (exact) mass is 229 g/mol. The van der Waals surface area contributed by atoms with Crippen LogP contribution in [0.2, 0.25) is 0 Å². The highest BCUT2D eigenvalue weighted by atomic mass is 19.4. The Morgan fingerprint density at radius 2 is 1.80 bits per heavy atom. The van der Waals surface area contributed by atoms with E-state index in [9.17, 15) is 26.3 Å². The fourth-order valence-electron chi connectivity index (χ4n) is 0.998. The molecule has 1 heterocycles. The zero-order valence-corrected chi connectivity index (χ0v) is 7.37. The van der Waals surface area contributed by atoms with Crippen LogP contribution in [0.3, 0.4) is 0 Å². The fraction of sp³-hybridized carbons (Fsp3) is 0.375. The maximum atomic E-state index is 12.7. The van der Waals surface area contributed by atoms with Crippen molar-refractivity contribution in [2.24, 2.45) is 0 Å². The van der Waals surface area contributed by atoms with Crippen LogP contribution in [0.5, 0.6) is 0 Å².